The zero-order chi connectivity index (χ0) is 7.56. The summed E-state index contributed by atoms with van der Waals surface area (Å²) in [6, 6.07) is 6.72. The summed E-state index contributed by atoms with van der Waals surface area (Å²) in [6.07, 6.45) is 0. The second kappa shape index (κ2) is 5.22. The molecule has 0 atom stereocenters. The predicted molar refractivity (Wildman–Crippen MR) is 45.0 cm³/mol. The van der Waals surface area contributed by atoms with E-state index >= 15 is 0 Å². The van der Waals surface area contributed by atoms with E-state index < -0.39 is 5.24 Å². The van der Waals surface area contributed by atoms with E-state index in [1.165, 1.54) is 0 Å². The molecule has 0 radical (unpaired) electrons. The Morgan fingerprint density at radius 2 is 1.82 bits per heavy atom. The van der Waals surface area contributed by atoms with E-state index in [-0.39, 0.29) is 31.0 Å². The minimum Gasteiger partial charge on any atom is -1.00 e. The predicted octanol–water partition coefficient (Wildman–Crippen LogP) is -0.529. The Balaban J connectivity index is 0. The van der Waals surface area contributed by atoms with Crippen LogP contribution in [0.5, 0.6) is 0 Å². The van der Waals surface area contributed by atoms with Crippen molar-refractivity contribution < 1.29 is 35.8 Å². The quantitative estimate of drug-likeness (QED) is 0.363. The zero-order valence-corrected chi connectivity index (χ0v) is 9.69. The van der Waals surface area contributed by atoms with Gasteiger partial charge in [0.05, 0.1) is 0 Å². The van der Waals surface area contributed by atoms with E-state index in [0.717, 1.165) is 4.90 Å². The number of hydrogen-bond donors (Lipinski definition) is 1. The first kappa shape index (κ1) is 11.5. The van der Waals surface area contributed by atoms with Crippen LogP contribution >= 0.6 is 24.2 Å². The zero-order valence-electron chi connectivity index (χ0n) is 7.04. The topological polar surface area (TPSA) is 17.1 Å². The minimum atomic E-state index is -0.437. The summed E-state index contributed by atoms with van der Waals surface area (Å²) in [4.78, 5) is 11.3. The second-order valence-corrected chi connectivity index (χ2v) is 2.68. The number of halogens is 1. The molecule has 0 saturated heterocycles. The molecule has 54 valence electrons. The summed E-state index contributed by atoms with van der Waals surface area (Å²) in [5.41, 5.74) is 0.500. The molecule has 1 aromatic carbocycles. The summed E-state index contributed by atoms with van der Waals surface area (Å²) in [7, 11) is 0. The molecular formula is C7H6ClNaOS. The number of rotatable bonds is 1. The largest absolute Gasteiger partial charge is 1.00 e. The summed E-state index contributed by atoms with van der Waals surface area (Å²) >= 11 is 9.24. The van der Waals surface area contributed by atoms with E-state index in [9.17, 15) is 4.79 Å². The van der Waals surface area contributed by atoms with Crippen LogP contribution < -0.4 is 29.6 Å². The van der Waals surface area contributed by atoms with Gasteiger partial charge in [-0.2, -0.15) is 0 Å². The van der Waals surface area contributed by atoms with Crippen molar-refractivity contribution in [1.82, 2.24) is 0 Å². The van der Waals surface area contributed by atoms with Crippen molar-refractivity contribution in [3.63, 3.8) is 0 Å². The van der Waals surface area contributed by atoms with Crippen molar-refractivity contribution in [3.05, 3.63) is 29.8 Å². The molecule has 4 heteroatoms. The van der Waals surface area contributed by atoms with Crippen LogP contribution in [-0.4, -0.2) is 5.24 Å². The molecule has 0 saturated carbocycles. The summed E-state index contributed by atoms with van der Waals surface area (Å²) in [5, 5.41) is -0.437. The Morgan fingerprint density at radius 1 is 1.36 bits per heavy atom. The number of thiol groups is 1. The third kappa shape index (κ3) is 3.63. The fraction of sp³-hybridized carbons (Fsp3) is 0. The van der Waals surface area contributed by atoms with Crippen molar-refractivity contribution in [2.75, 3.05) is 0 Å². The SMILES string of the molecule is O=C(Cl)c1ccc(S)cc1.[H-].[Na+]. The molecule has 0 bridgehead atoms. The first-order valence-corrected chi connectivity index (χ1v) is 3.51. The van der Waals surface area contributed by atoms with Crippen LogP contribution in [0.3, 0.4) is 0 Å². The van der Waals surface area contributed by atoms with Gasteiger partial charge in [0.2, 0.25) is 0 Å². The summed E-state index contributed by atoms with van der Waals surface area (Å²) in [6.45, 7) is 0. The number of hydrogen-bond acceptors (Lipinski definition) is 2. The molecule has 11 heavy (non-hydrogen) atoms. The third-order valence-electron chi connectivity index (χ3n) is 1.09. The normalized spacial score (nSPS) is 8.55. The molecule has 1 nitrogen and oxygen atoms in total. The maximum atomic E-state index is 10.5. The maximum Gasteiger partial charge on any atom is 1.00 e. The number of carbonyl (C=O) groups excluding carboxylic acids is 1. The van der Waals surface area contributed by atoms with Gasteiger partial charge in [-0.25, -0.2) is 0 Å². The fourth-order valence-corrected chi connectivity index (χ4v) is 0.868. The van der Waals surface area contributed by atoms with Gasteiger partial charge < -0.3 is 1.43 Å². The maximum absolute atomic E-state index is 10.5. The van der Waals surface area contributed by atoms with E-state index in [1.54, 1.807) is 24.3 Å². The molecule has 0 spiro atoms. The first-order valence-electron chi connectivity index (χ1n) is 2.69. The molecule has 0 aliphatic carbocycles. The van der Waals surface area contributed by atoms with Gasteiger partial charge in [0.1, 0.15) is 0 Å². The van der Waals surface area contributed by atoms with Crippen molar-refractivity contribution in [2.24, 2.45) is 0 Å². The molecule has 1 rings (SSSR count). The van der Waals surface area contributed by atoms with Gasteiger partial charge >= 0.3 is 29.6 Å². The van der Waals surface area contributed by atoms with Gasteiger partial charge in [-0.15, -0.1) is 12.6 Å². The molecule has 0 fully saturated rings. The van der Waals surface area contributed by atoms with Crippen LogP contribution in [0.4, 0.5) is 0 Å². The van der Waals surface area contributed by atoms with Crippen LogP contribution in [0.1, 0.15) is 11.8 Å². The van der Waals surface area contributed by atoms with Crippen LogP contribution in [0.15, 0.2) is 29.2 Å². The summed E-state index contributed by atoms with van der Waals surface area (Å²) < 4.78 is 0. The average Bonchev–Trinajstić information content (AvgIpc) is 1.88. The van der Waals surface area contributed by atoms with Crippen molar-refractivity contribution in [2.45, 2.75) is 4.90 Å². The van der Waals surface area contributed by atoms with Gasteiger partial charge in [0.15, 0.2) is 0 Å². The fourth-order valence-electron chi connectivity index (χ4n) is 0.592. The average molecular weight is 197 g/mol. The van der Waals surface area contributed by atoms with Crippen LogP contribution in [0.2, 0.25) is 0 Å². The molecule has 0 heterocycles. The van der Waals surface area contributed by atoms with Crippen molar-refractivity contribution in [1.29, 1.82) is 0 Å². The van der Waals surface area contributed by atoms with Gasteiger partial charge in [-0.05, 0) is 35.9 Å². The molecular weight excluding hydrogens is 191 g/mol. The van der Waals surface area contributed by atoms with Crippen LogP contribution in [-0.2, 0) is 0 Å². The van der Waals surface area contributed by atoms with Crippen molar-refractivity contribution in [3.8, 4) is 0 Å². The van der Waals surface area contributed by atoms with E-state index in [1.807, 2.05) is 0 Å². The first-order chi connectivity index (χ1) is 4.70. The monoisotopic (exact) mass is 196 g/mol. The number of carbonyl (C=O) groups is 1. The van der Waals surface area contributed by atoms with Crippen LogP contribution in [0.25, 0.3) is 0 Å². The molecule has 1 aromatic rings. The van der Waals surface area contributed by atoms with Crippen LogP contribution in [0, 0.1) is 0 Å². The Bertz CT molecular complexity index is 252. The Labute approximate surface area is 99.3 Å². The molecule has 0 unspecified atom stereocenters. The van der Waals surface area contributed by atoms with Crippen molar-refractivity contribution >= 4 is 29.5 Å². The molecule has 0 amide bonds. The minimum absolute atomic E-state index is 0. The Morgan fingerprint density at radius 3 is 2.18 bits per heavy atom. The Hall–Kier alpha value is 0.530. The van der Waals surface area contributed by atoms with Gasteiger partial charge in [0, 0.05) is 10.5 Å². The number of benzene rings is 1. The molecule has 0 N–H and O–H groups in total. The second-order valence-electron chi connectivity index (χ2n) is 1.82. The van der Waals surface area contributed by atoms with Gasteiger partial charge in [-0.1, -0.05) is 0 Å². The molecule has 0 aromatic heterocycles. The van der Waals surface area contributed by atoms with Gasteiger partial charge in [-0.3, -0.25) is 4.79 Å². The standard InChI is InChI=1S/C7H5ClOS.Na.H/c8-7(9)5-1-3-6(10)4-2-5;;/h1-4,10H;;/q;+1;-1. The van der Waals surface area contributed by atoms with E-state index in [2.05, 4.69) is 12.6 Å². The smallest absolute Gasteiger partial charge is 1.00 e. The Kier molecular flexibility index (Phi) is 5.48. The molecule has 0 aliphatic heterocycles. The van der Waals surface area contributed by atoms with E-state index in [0.29, 0.717) is 5.56 Å². The molecule has 0 aliphatic rings. The third-order valence-corrected chi connectivity index (χ3v) is 1.61. The van der Waals surface area contributed by atoms with E-state index in [4.69, 9.17) is 11.6 Å². The summed E-state index contributed by atoms with van der Waals surface area (Å²) in [5.74, 6) is 0. The van der Waals surface area contributed by atoms with Gasteiger partial charge in [0.25, 0.3) is 5.24 Å².